The van der Waals surface area contributed by atoms with Gasteiger partial charge < -0.3 is 5.11 Å². The SMILES string of the molecule is CCc1cccc(CC)c1C1(C(=O)O)CCCCC1. The van der Waals surface area contributed by atoms with Gasteiger partial charge in [-0.3, -0.25) is 4.79 Å². The summed E-state index contributed by atoms with van der Waals surface area (Å²) in [6.45, 7) is 4.24. The molecule has 1 saturated carbocycles. The molecule has 1 fully saturated rings. The van der Waals surface area contributed by atoms with Gasteiger partial charge in [0.05, 0.1) is 5.41 Å². The van der Waals surface area contributed by atoms with Crippen molar-refractivity contribution in [3.8, 4) is 0 Å². The van der Waals surface area contributed by atoms with Crippen molar-refractivity contribution in [3.63, 3.8) is 0 Å². The van der Waals surface area contributed by atoms with Crippen LogP contribution in [0.2, 0.25) is 0 Å². The number of hydrogen-bond donors (Lipinski definition) is 1. The van der Waals surface area contributed by atoms with Crippen LogP contribution in [-0.2, 0) is 23.1 Å². The van der Waals surface area contributed by atoms with E-state index >= 15 is 0 Å². The van der Waals surface area contributed by atoms with E-state index in [0.717, 1.165) is 44.1 Å². The highest BCUT2D eigenvalue weighted by Crippen LogP contribution is 2.43. The minimum absolute atomic E-state index is 0.622. The molecule has 1 aliphatic rings. The van der Waals surface area contributed by atoms with Gasteiger partial charge in [0.1, 0.15) is 0 Å². The molecule has 2 nitrogen and oxygen atoms in total. The number of carboxylic acids is 1. The Balaban J connectivity index is 2.61. The second-order valence-corrected chi connectivity index (χ2v) is 5.61. The van der Waals surface area contributed by atoms with E-state index in [1.807, 2.05) is 0 Å². The van der Waals surface area contributed by atoms with Gasteiger partial charge in [0.2, 0.25) is 0 Å². The molecule has 1 N–H and O–H groups in total. The third-order valence-corrected chi connectivity index (χ3v) is 4.59. The van der Waals surface area contributed by atoms with Crippen LogP contribution in [0.1, 0.15) is 62.6 Å². The third kappa shape index (κ3) is 2.41. The highest BCUT2D eigenvalue weighted by Gasteiger charge is 2.43. The number of carbonyl (C=O) groups is 1. The van der Waals surface area contributed by atoms with Gasteiger partial charge >= 0.3 is 5.97 Å². The molecule has 0 heterocycles. The lowest BCUT2D eigenvalue weighted by Gasteiger charge is -2.36. The van der Waals surface area contributed by atoms with Crippen molar-refractivity contribution in [2.45, 2.75) is 64.2 Å². The molecule has 1 aliphatic carbocycles. The van der Waals surface area contributed by atoms with E-state index in [2.05, 4.69) is 32.0 Å². The average Bonchev–Trinajstić information content (AvgIpc) is 2.46. The minimum Gasteiger partial charge on any atom is -0.481 e. The van der Waals surface area contributed by atoms with Gasteiger partial charge in [-0.15, -0.1) is 0 Å². The molecule has 0 atom stereocenters. The second-order valence-electron chi connectivity index (χ2n) is 5.61. The fraction of sp³-hybridized carbons (Fsp3) is 0.588. The van der Waals surface area contributed by atoms with Crippen LogP contribution in [0.15, 0.2) is 18.2 Å². The van der Waals surface area contributed by atoms with E-state index in [1.165, 1.54) is 17.5 Å². The van der Waals surface area contributed by atoms with Gasteiger partial charge in [-0.05, 0) is 42.4 Å². The smallest absolute Gasteiger partial charge is 0.314 e. The molecular formula is C17H24O2. The first-order valence-corrected chi connectivity index (χ1v) is 7.50. The van der Waals surface area contributed by atoms with E-state index in [4.69, 9.17) is 0 Å². The molecule has 0 amide bonds. The Kier molecular flexibility index (Phi) is 4.28. The maximum absolute atomic E-state index is 12.0. The molecular weight excluding hydrogens is 236 g/mol. The largest absolute Gasteiger partial charge is 0.481 e. The lowest BCUT2D eigenvalue weighted by atomic mass is 9.66. The molecule has 0 bridgehead atoms. The third-order valence-electron chi connectivity index (χ3n) is 4.59. The molecule has 0 unspecified atom stereocenters. The fourth-order valence-corrected chi connectivity index (χ4v) is 3.58. The first-order valence-electron chi connectivity index (χ1n) is 7.50. The quantitative estimate of drug-likeness (QED) is 0.885. The van der Waals surface area contributed by atoms with Crippen LogP contribution in [0.5, 0.6) is 0 Å². The van der Waals surface area contributed by atoms with E-state index in [-0.39, 0.29) is 0 Å². The van der Waals surface area contributed by atoms with Crippen LogP contribution < -0.4 is 0 Å². The predicted octanol–water partition coefficient (Wildman–Crippen LogP) is 4.10. The minimum atomic E-state index is -0.629. The average molecular weight is 260 g/mol. The van der Waals surface area contributed by atoms with Crippen molar-refractivity contribution >= 4 is 5.97 Å². The van der Waals surface area contributed by atoms with Crippen LogP contribution in [0.4, 0.5) is 0 Å². The highest BCUT2D eigenvalue weighted by molar-refractivity contribution is 5.82. The first-order chi connectivity index (χ1) is 9.15. The summed E-state index contributed by atoms with van der Waals surface area (Å²) in [7, 11) is 0. The van der Waals surface area contributed by atoms with Crippen molar-refractivity contribution in [3.05, 3.63) is 34.9 Å². The predicted molar refractivity (Wildman–Crippen MR) is 77.6 cm³/mol. The zero-order valence-electron chi connectivity index (χ0n) is 12.0. The molecule has 0 radical (unpaired) electrons. The van der Waals surface area contributed by atoms with Gasteiger partial charge in [0, 0.05) is 0 Å². The fourth-order valence-electron chi connectivity index (χ4n) is 3.58. The van der Waals surface area contributed by atoms with E-state index in [0.29, 0.717) is 0 Å². The lowest BCUT2D eigenvalue weighted by molar-refractivity contribution is -0.145. The molecule has 2 rings (SSSR count). The Bertz CT molecular complexity index is 434. The molecule has 0 aliphatic heterocycles. The zero-order chi connectivity index (χ0) is 13.9. The topological polar surface area (TPSA) is 37.3 Å². The van der Waals surface area contributed by atoms with Crippen LogP contribution in [-0.4, -0.2) is 11.1 Å². The van der Waals surface area contributed by atoms with E-state index in [9.17, 15) is 9.90 Å². The number of aryl methyl sites for hydroxylation is 2. The summed E-state index contributed by atoms with van der Waals surface area (Å²) in [5.74, 6) is -0.622. The second kappa shape index (κ2) is 5.77. The van der Waals surface area contributed by atoms with Gasteiger partial charge in [0.15, 0.2) is 0 Å². The Labute approximate surface area is 115 Å². The molecule has 0 aromatic heterocycles. The molecule has 1 aromatic carbocycles. The first kappa shape index (κ1) is 14.1. The summed E-state index contributed by atoms with van der Waals surface area (Å²) in [5, 5.41) is 9.88. The van der Waals surface area contributed by atoms with Crippen molar-refractivity contribution in [1.82, 2.24) is 0 Å². The molecule has 1 aromatic rings. The van der Waals surface area contributed by atoms with E-state index in [1.54, 1.807) is 0 Å². The molecule has 2 heteroatoms. The van der Waals surface area contributed by atoms with Gasteiger partial charge in [-0.1, -0.05) is 51.3 Å². The number of aliphatic carboxylic acids is 1. The van der Waals surface area contributed by atoms with E-state index < -0.39 is 11.4 Å². The van der Waals surface area contributed by atoms with Crippen molar-refractivity contribution < 1.29 is 9.90 Å². The monoisotopic (exact) mass is 260 g/mol. The van der Waals surface area contributed by atoms with Gasteiger partial charge in [0.25, 0.3) is 0 Å². The molecule has 104 valence electrons. The van der Waals surface area contributed by atoms with Crippen molar-refractivity contribution in [2.24, 2.45) is 0 Å². The van der Waals surface area contributed by atoms with Gasteiger partial charge in [-0.25, -0.2) is 0 Å². The normalized spacial score (nSPS) is 18.2. The summed E-state index contributed by atoms with van der Waals surface area (Å²) in [6, 6.07) is 6.28. The molecule has 19 heavy (non-hydrogen) atoms. The molecule has 0 saturated heterocycles. The standard InChI is InChI=1S/C17H24O2/c1-3-13-9-8-10-14(4-2)15(13)17(16(18)19)11-6-5-7-12-17/h8-10H,3-7,11-12H2,1-2H3,(H,18,19). The van der Waals surface area contributed by atoms with Crippen LogP contribution >= 0.6 is 0 Å². The van der Waals surface area contributed by atoms with Gasteiger partial charge in [-0.2, -0.15) is 0 Å². The lowest BCUT2D eigenvalue weighted by Crippen LogP contribution is -2.39. The summed E-state index contributed by atoms with van der Waals surface area (Å²) < 4.78 is 0. The Hall–Kier alpha value is -1.31. The van der Waals surface area contributed by atoms with Crippen LogP contribution in [0.3, 0.4) is 0 Å². The maximum atomic E-state index is 12.0. The van der Waals surface area contributed by atoms with Crippen molar-refractivity contribution in [1.29, 1.82) is 0 Å². The summed E-state index contributed by atoms with van der Waals surface area (Å²) in [6.07, 6.45) is 6.67. The molecule has 0 spiro atoms. The van der Waals surface area contributed by atoms with Crippen LogP contribution in [0, 0.1) is 0 Å². The summed E-state index contributed by atoms with van der Waals surface area (Å²) in [4.78, 5) is 12.0. The zero-order valence-corrected chi connectivity index (χ0v) is 12.0. The number of rotatable bonds is 4. The number of carboxylic acid groups (broad SMARTS) is 1. The maximum Gasteiger partial charge on any atom is 0.314 e. The summed E-state index contributed by atoms with van der Waals surface area (Å²) in [5.41, 5.74) is 2.95. The number of hydrogen-bond acceptors (Lipinski definition) is 1. The Morgan fingerprint density at radius 1 is 1.11 bits per heavy atom. The summed E-state index contributed by atoms with van der Waals surface area (Å²) >= 11 is 0. The van der Waals surface area contributed by atoms with Crippen molar-refractivity contribution in [2.75, 3.05) is 0 Å². The Morgan fingerprint density at radius 3 is 2.05 bits per heavy atom. The Morgan fingerprint density at radius 2 is 1.63 bits per heavy atom. The highest BCUT2D eigenvalue weighted by atomic mass is 16.4. The number of benzene rings is 1. The van der Waals surface area contributed by atoms with Crippen LogP contribution in [0.25, 0.3) is 0 Å².